The lowest BCUT2D eigenvalue weighted by Crippen LogP contribution is -2.41. The molecule has 152 valence electrons. The van der Waals surface area contributed by atoms with Gasteiger partial charge in [-0.15, -0.1) is 0 Å². The molecule has 0 aromatic heterocycles. The van der Waals surface area contributed by atoms with Crippen LogP contribution in [0.5, 0.6) is 0 Å². The van der Waals surface area contributed by atoms with Crippen LogP contribution >= 0.6 is 0 Å². The van der Waals surface area contributed by atoms with Crippen LogP contribution in [0.25, 0.3) is 0 Å². The molecule has 1 aromatic carbocycles. The van der Waals surface area contributed by atoms with Crippen LogP contribution < -0.4 is 10.6 Å². The van der Waals surface area contributed by atoms with Gasteiger partial charge in [0.15, 0.2) is 5.96 Å². The number of nitrogens with one attached hydrogen (secondary N) is 2. The highest BCUT2D eigenvalue weighted by atomic mass is 32.2. The second-order valence-electron chi connectivity index (χ2n) is 6.24. The standard InChI is InChI=1S/C18H30N4O4S/c1-19-18(20-8-5-11-25-2)21-14-16-6-3-4-7-17(16)15-27(23,24)22-9-12-26-13-10-22/h3-4,6-7H,5,8-15H2,1-2H3,(H2,19,20,21). The number of rotatable bonds is 9. The van der Waals surface area contributed by atoms with Gasteiger partial charge in [-0.1, -0.05) is 24.3 Å². The first kappa shape index (κ1) is 21.6. The molecular formula is C18H30N4O4S. The Kier molecular flexibility index (Phi) is 8.99. The van der Waals surface area contributed by atoms with Crippen LogP contribution in [-0.2, 0) is 31.8 Å². The Labute approximate surface area is 162 Å². The van der Waals surface area contributed by atoms with Crippen molar-refractivity contribution < 1.29 is 17.9 Å². The van der Waals surface area contributed by atoms with Crippen molar-refractivity contribution in [1.29, 1.82) is 0 Å². The number of methoxy groups -OCH3 is 1. The third-order valence-electron chi connectivity index (χ3n) is 4.31. The Balaban J connectivity index is 1.96. The predicted octanol–water partition coefficient (Wildman–Crippen LogP) is 0.550. The van der Waals surface area contributed by atoms with Crippen molar-refractivity contribution in [3.63, 3.8) is 0 Å². The average Bonchev–Trinajstić information content (AvgIpc) is 2.69. The van der Waals surface area contributed by atoms with E-state index in [0.29, 0.717) is 45.4 Å². The molecule has 2 N–H and O–H groups in total. The normalized spacial score (nSPS) is 16.3. The van der Waals surface area contributed by atoms with E-state index in [1.807, 2.05) is 24.3 Å². The minimum Gasteiger partial charge on any atom is -0.385 e. The van der Waals surface area contributed by atoms with Crippen molar-refractivity contribution in [1.82, 2.24) is 14.9 Å². The molecule has 1 aliphatic heterocycles. The highest BCUT2D eigenvalue weighted by Crippen LogP contribution is 2.16. The zero-order valence-corrected chi connectivity index (χ0v) is 16.9. The van der Waals surface area contributed by atoms with E-state index in [0.717, 1.165) is 24.1 Å². The minimum atomic E-state index is -3.36. The van der Waals surface area contributed by atoms with Gasteiger partial charge < -0.3 is 20.1 Å². The third kappa shape index (κ3) is 7.10. The molecule has 0 spiro atoms. The van der Waals surface area contributed by atoms with E-state index < -0.39 is 10.0 Å². The number of ether oxygens (including phenoxy) is 2. The number of morpholine rings is 1. The molecule has 1 aliphatic rings. The Hall–Kier alpha value is -1.68. The van der Waals surface area contributed by atoms with Crippen LogP contribution in [0, 0.1) is 0 Å². The molecule has 0 unspecified atom stereocenters. The number of hydrogen-bond donors (Lipinski definition) is 2. The van der Waals surface area contributed by atoms with Gasteiger partial charge in [0.05, 0.1) is 19.0 Å². The maximum Gasteiger partial charge on any atom is 0.218 e. The third-order valence-corrected chi connectivity index (χ3v) is 6.14. The number of aliphatic imine (C=N–C) groups is 1. The Morgan fingerprint density at radius 2 is 1.93 bits per heavy atom. The molecule has 0 radical (unpaired) electrons. The van der Waals surface area contributed by atoms with Gasteiger partial charge in [0.25, 0.3) is 0 Å². The fraction of sp³-hybridized carbons (Fsp3) is 0.611. The van der Waals surface area contributed by atoms with E-state index in [-0.39, 0.29) is 5.75 Å². The zero-order chi connectivity index (χ0) is 19.5. The molecule has 1 saturated heterocycles. The SMILES string of the molecule is CN=C(NCCCOC)NCc1ccccc1CS(=O)(=O)N1CCOCC1. The van der Waals surface area contributed by atoms with Gasteiger partial charge in [0.2, 0.25) is 10.0 Å². The van der Waals surface area contributed by atoms with E-state index in [1.54, 1.807) is 14.2 Å². The number of guanidine groups is 1. The lowest BCUT2D eigenvalue weighted by molar-refractivity contribution is 0.0729. The van der Waals surface area contributed by atoms with Crippen LogP contribution in [0.1, 0.15) is 17.5 Å². The molecule has 0 aliphatic carbocycles. The number of sulfonamides is 1. The van der Waals surface area contributed by atoms with Gasteiger partial charge in [-0.3, -0.25) is 4.99 Å². The molecule has 0 atom stereocenters. The molecular weight excluding hydrogens is 368 g/mol. The van der Waals surface area contributed by atoms with E-state index in [4.69, 9.17) is 9.47 Å². The van der Waals surface area contributed by atoms with Crippen molar-refractivity contribution in [2.45, 2.75) is 18.7 Å². The zero-order valence-electron chi connectivity index (χ0n) is 16.1. The first-order chi connectivity index (χ1) is 13.1. The molecule has 9 heteroatoms. The molecule has 1 heterocycles. The summed E-state index contributed by atoms with van der Waals surface area (Å²) in [6.07, 6.45) is 0.881. The number of nitrogens with zero attached hydrogens (tertiary/aromatic N) is 2. The monoisotopic (exact) mass is 398 g/mol. The van der Waals surface area contributed by atoms with Crippen molar-refractivity contribution in [3.8, 4) is 0 Å². The first-order valence-electron chi connectivity index (χ1n) is 9.12. The van der Waals surface area contributed by atoms with Gasteiger partial charge in [-0.05, 0) is 17.5 Å². The van der Waals surface area contributed by atoms with Crippen molar-refractivity contribution >= 4 is 16.0 Å². The summed E-state index contributed by atoms with van der Waals surface area (Å²) in [5, 5.41) is 6.45. The Morgan fingerprint density at radius 3 is 2.59 bits per heavy atom. The summed E-state index contributed by atoms with van der Waals surface area (Å²) in [6, 6.07) is 7.58. The maximum absolute atomic E-state index is 12.7. The quantitative estimate of drug-likeness (QED) is 0.359. The first-order valence-corrected chi connectivity index (χ1v) is 10.7. The van der Waals surface area contributed by atoms with Gasteiger partial charge in [0, 0.05) is 46.9 Å². The van der Waals surface area contributed by atoms with Crippen LogP contribution in [0.3, 0.4) is 0 Å². The minimum absolute atomic E-state index is 0.00920. The van der Waals surface area contributed by atoms with Crippen molar-refractivity contribution in [2.75, 3.05) is 53.6 Å². The molecule has 1 fully saturated rings. The van der Waals surface area contributed by atoms with E-state index in [9.17, 15) is 8.42 Å². The summed E-state index contributed by atoms with van der Waals surface area (Å²) in [4.78, 5) is 4.19. The van der Waals surface area contributed by atoms with Gasteiger partial charge in [0.1, 0.15) is 0 Å². The molecule has 8 nitrogen and oxygen atoms in total. The number of benzene rings is 1. The molecule has 0 bridgehead atoms. The van der Waals surface area contributed by atoms with Gasteiger partial charge in [-0.2, -0.15) is 4.31 Å². The van der Waals surface area contributed by atoms with E-state index in [1.165, 1.54) is 4.31 Å². The van der Waals surface area contributed by atoms with Crippen LogP contribution in [-0.4, -0.2) is 72.3 Å². The molecule has 0 saturated carbocycles. The smallest absolute Gasteiger partial charge is 0.218 e. The van der Waals surface area contributed by atoms with Crippen LogP contribution in [0.4, 0.5) is 0 Å². The summed E-state index contributed by atoms with van der Waals surface area (Å²) in [5.74, 6) is 0.669. The Morgan fingerprint density at radius 1 is 1.22 bits per heavy atom. The van der Waals surface area contributed by atoms with E-state index in [2.05, 4.69) is 15.6 Å². The number of hydrogen-bond acceptors (Lipinski definition) is 5. The Bertz CT molecular complexity index is 703. The van der Waals surface area contributed by atoms with Crippen LogP contribution in [0.15, 0.2) is 29.3 Å². The van der Waals surface area contributed by atoms with Gasteiger partial charge >= 0.3 is 0 Å². The highest BCUT2D eigenvalue weighted by molar-refractivity contribution is 7.88. The largest absolute Gasteiger partial charge is 0.385 e. The fourth-order valence-electron chi connectivity index (χ4n) is 2.81. The summed E-state index contributed by atoms with van der Waals surface area (Å²) in [7, 11) is 0.0266. The predicted molar refractivity (Wildman–Crippen MR) is 106 cm³/mol. The second-order valence-corrected chi connectivity index (χ2v) is 8.20. The summed E-state index contributed by atoms with van der Waals surface area (Å²) in [6.45, 7) is 3.67. The summed E-state index contributed by atoms with van der Waals surface area (Å²) < 4.78 is 37.2. The van der Waals surface area contributed by atoms with Crippen molar-refractivity contribution in [2.24, 2.45) is 4.99 Å². The van der Waals surface area contributed by atoms with Crippen LogP contribution in [0.2, 0.25) is 0 Å². The molecule has 27 heavy (non-hydrogen) atoms. The average molecular weight is 399 g/mol. The highest BCUT2D eigenvalue weighted by Gasteiger charge is 2.25. The van der Waals surface area contributed by atoms with Crippen molar-refractivity contribution in [3.05, 3.63) is 35.4 Å². The van der Waals surface area contributed by atoms with Gasteiger partial charge in [-0.25, -0.2) is 8.42 Å². The molecule has 1 aromatic rings. The summed E-state index contributed by atoms with van der Waals surface area (Å²) >= 11 is 0. The summed E-state index contributed by atoms with van der Waals surface area (Å²) in [5.41, 5.74) is 1.74. The maximum atomic E-state index is 12.7. The lowest BCUT2D eigenvalue weighted by atomic mass is 10.1. The lowest BCUT2D eigenvalue weighted by Gasteiger charge is -2.26. The topological polar surface area (TPSA) is 92.3 Å². The second kappa shape index (κ2) is 11.2. The fourth-order valence-corrected chi connectivity index (χ4v) is 4.37. The molecule has 0 amide bonds. The van der Waals surface area contributed by atoms with E-state index >= 15 is 0 Å². The molecule has 2 rings (SSSR count).